The van der Waals surface area contributed by atoms with Gasteiger partial charge in [-0.3, -0.25) is 0 Å². The average Bonchev–Trinajstić information content (AvgIpc) is 2.54. The molecule has 2 aromatic rings. The number of ether oxygens (including phenoxy) is 1. The van der Waals surface area contributed by atoms with Gasteiger partial charge in [0, 0.05) is 10.0 Å². The minimum absolute atomic E-state index is 0.00900. The number of benzene rings is 2. The Labute approximate surface area is 142 Å². The highest BCUT2D eigenvalue weighted by Gasteiger charge is 2.13. The van der Waals surface area contributed by atoms with E-state index in [1.165, 1.54) is 19.2 Å². The molecular weight excluding hydrogens is 392 g/mol. The van der Waals surface area contributed by atoms with Crippen LogP contribution in [0.15, 0.2) is 63.0 Å². The first-order valence-electron chi connectivity index (χ1n) is 6.08. The van der Waals surface area contributed by atoms with Crippen molar-refractivity contribution in [3.05, 3.63) is 58.6 Å². The van der Waals surface area contributed by atoms with Crippen molar-refractivity contribution in [1.29, 1.82) is 0 Å². The van der Waals surface area contributed by atoms with Crippen LogP contribution in [0.1, 0.15) is 5.56 Å². The van der Waals surface area contributed by atoms with E-state index in [1.54, 1.807) is 36.4 Å². The predicted molar refractivity (Wildman–Crippen MR) is 89.8 cm³/mol. The third-order valence-electron chi connectivity index (χ3n) is 2.71. The summed E-state index contributed by atoms with van der Waals surface area (Å²) in [6.07, 6.45) is 0. The van der Waals surface area contributed by atoms with Gasteiger partial charge in [0.15, 0.2) is 5.17 Å². The van der Waals surface area contributed by atoms with E-state index in [-0.39, 0.29) is 10.1 Å². The summed E-state index contributed by atoms with van der Waals surface area (Å²) in [7, 11) is -2.24. The topological polar surface area (TPSA) is 67.8 Å². The standard InChI is InChI=1S/C14H12BrClN2O3S/c1-21-10-7-8-13(15)12(9-10)14(16)17-18-22(19,20)11-5-3-2-4-6-11/h2-9,18H,1H3. The molecule has 0 aliphatic carbocycles. The van der Waals surface area contributed by atoms with Gasteiger partial charge in [-0.25, -0.2) is 0 Å². The summed E-state index contributed by atoms with van der Waals surface area (Å²) in [5.41, 5.74) is 0.511. The van der Waals surface area contributed by atoms with Gasteiger partial charge in [-0.05, 0) is 30.3 Å². The van der Waals surface area contributed by atoms with E-state index in [0.717, 1.165) is 0 Å². The first kappa shape index (κ1) is 16.8. The number of nitrogens with one attached hydrogen (secondary N) is 1. The fourth-order valence-corrected chi connectivity index (χ4v) is 3.23. The van der Waals surface area contributed by atoms with Crippen molar-refractivity contribution in [2.45, 2.75) is 4.90 Å². The molecule has 0 aliphatic rings. The molecule has 0 amide bonds. The quantitative estimate of drug-likeness (QED) is 0.615. The van der Waals surface area contributed by atoms with Gasteiger partial charge in [0.1, 0.15) is 5.75 Å². The van der Waals surface area contributed by atoms with Crippen molar-refractivity contribution in [1.82, 2.24) is 4.83 Å². The molecule has 1 N–H and O–H groups in total. The number of hydrogen-bond acceptors (Lipinski definition) is 4. The predicted octanol–water partition coefficient (Wildman–Crippen LogP) is 3.34. The molecular formula is C14H12BrClN2O3S. The largest absolute Gasteiger partial charge is 0.497 e. The first-order valence-corrected chi connectivity index (χ1v) is 8.73. The van der Waals surface area contributed by atoms with Crippen LogP contribution in [-0.2, 0) is 10.0 Å². The lowest BCUT2D eigenvalue weighted by atomic mass is 10.2. The SMILES string of the molecule is COc1ccc(Br)c(C(Cl)=NNS(=O)(=O)c2ccccc2)c1. The van der Waals surface area contributed by atoms with Gasteiger partial charge in [0.05, 0.1) is 12.0 Å². The summed E-state index contributed by atoms with van der Waals surface area (Å²) in [5.74, 6) is 0.581. The second-order valence-electron chi connectivity index (χ2n) is 4.16. The van der Waals surface area contributed by atoms with Crippen molar-refractivity contribution in [3.8, 4) is 5.75 Å². The Morgan fingerprint density at radius 3 is 2.55 bits per heavy atom. The average molecular weight is 404 g/mol. The minimum atomic E-state index is -3.76. The molecule has 0 aromatic heterocycles. The van der Waals surface area contributed by atoms with E-state index < -0.39 is 10.0 Å². The number of rotatable bonds is 5. The zero-order valence-corrected chi connectivity index (χ0v) is 14.6. The molecule has 0 atom stereocenters. The molecule has 2 aromatic carbocycles. The fourth-order valence-electron chi connectivity index (χ4n) is 1.60. The summed E-state index contributed by atoms with van der Waals surface area (Å²) < 4.78 is 29.9. The van der Waals surface area contributed by atoms with E-state index in [2.05, 4.69) is 25.9 Å². The lowest BCUT2D eigenvalue weighted by Crippen LogP contribution is -2.19. The zero-order valence-electron chi connectivity index (χ0n) is 11.5. The molecule has 0 heterocycles. The molecule has 0 bridgehead atoms. The van der Waals surface area contributed by atoms with Crippen molar-refractivity contribution in [2.24, 2.45) is 5.10 Å². The van der Waals surface area contributed by atoms with Crippen LogP contribution in [0.25, 0.3) is 0 Å². The molecule has 22 heavy (non-hydrogen) atoms. The molecule has 0 saturated heterocycles. The van der Waals surface area contributed by atoms with Crippen molar-refractivity contribution >= 4 is 42.7 Å². The lowest BCUT2D eigenvalue weighted by Gasteiger charge is -2.07. The molecule has 0 radical (unpaired) electrons. The maximum atomic E-state index is 12.1. The first-order chi connectivity index (χ1) is 10.4. The second-order valence-corrected chi connectivity index (χ2v) is 7.03. The zero-order chi connectivity index (χ0) is 16.2. The van der Waals surface area contributed by atoms with Crippen LogP contribution >= 0.6 is 27.5 Å². The van der Waals surface area contributed by atoms with Crippen molar-refractivity contribution in [2.75, 3.05) is 7.11 Å². The van der Waals surface area contributed by atoms with Crippen LogP contribution in [0.5, 0.6) is 5.75 Å². The van der Waals surface area contributed by atoms with Crippen molar-refractivity contribution < 1.29 is 13.2 Å². The summed E-state index contributed by atoms with van der Waals surface area (Å²) in [6.45, 7) is 0. The van der Waals surface area contributed by atoms with Crippen LogP contribution in [0, 0.1) is 0 Å². The molecule has 0 saturated carbocycles. The van der Waals surface area contributed by atoms with Gasteiger partial charge in [-0.15, -0.1) is 0 Å². The summed E-state index contributed by atoms with van der Waals surface area (Å²) in [5, 5.41) is 3.73. The number of sulfonamides is 1. The van der Waals surface area contributed by atoms with E-state index in [0.29, 0.717) is 15.8 Å². The van der Waals surface area contributed by atoms with Crippen LogP contribution in [-0.4, -0.2) is 20.7 Å². The van der Waals surface area contributed by atoms with E-state index in [9.17, 15) is 8.42 Å². The van der Waals surface area contributed by atoms with E-state index in [1.807, 2.05) is 0 Å². The van der Waals surface area contributed by atoms with E-state index >= 15 is 0 Å². The Bertz CT molecular complexity index is 795. The normalized spacial score (nSPS) is 12.0. The Balaban J connectivity index is 2.27. The van der Waals surface area contributed by atoms with Crippen LogP contribution in [0.4, 0.5) is 0 Å². The summed E-state index contributed by atoms with van der Waals surface area (Å²) in [6, 6.07) is 13.0. The third kappa shape index (κ3) is 4.00. The summed E-state index contributed by atoms with van der Waals surface area (Å²) >= 11 is 9.40. The molecule has 116 valence electrons. The van der Waals surface area contributed by atoms with Crippen LogP contribution in [0.3, 0.4) is 0 Å². The maximum absolute atomic E-state index is 12.1. The van der Waals surface area contributed by atoms with E-state index in [4.69, 9.17) is 16.3 Å². The number of halogens is 2. The molecule has 0 fully saturated rings. The highest BCUT2D eigenvalue weighted by atomic mass is 79.9. The minimum Gasteiger partial charge on any atom is -0.497 e. The van der Waals surface area contributed by atoms with Gasteiger partial charge < -0.3 is 4.74 Å². The third-order valence-corrected chi connectivity index (χ3v) is 4.92. The van der Waals surface area contributed by atoms with Gasteiger partial charge in [0.2, 0.25) is 0 Å². The molecule has 5 nitrogen and oxygen atoms in total. The van der Waals surface area contributed by atoms with Gasteiger partial charge in [0.25, 0.3) is 10.0 Å². The lowest BCUT2D eigenvalue weighted by molar-refractivity contribution is 0.414. The maximum Gasteiger partial charge on any atom is 0.276 e. The number of methoxy groups -OCH3 is 1. The van der Waals surface area contributed by atoms with Crippen LogP contribution < -0.4 is 9.57 Å². The number of hydrogen-bond donors (Lipinski definition) is 1. The second kappa shape index (κ2) is 7.13. The Morgan fingerprint density at radius 2 is 1.91 bits per heavy atom. The van der Waals surface area contributed by atoms with Gasteiger partial charge in [-0.1, -0.05) is 45.7 Å². The molecule has 0 aliphatic heterocycles. The molecule has 2 rings (SSSR count). The molecule has 0 unspecified atom stereocenters. The molecule has 8 heteroatoms. The monoisotopic (exact) mass is 402 g/mol. The van der Waals surface area contributed by atoms with Gasteiger partial charge >= 0.3 is 0 Å². The number of hydrazone groups is 1. The Kier molecular flexibility index (Phi) is 5.44. The molecule has 0 spiro atoms. The fraction of sp³-hybridized carbons (Fsp3) is 0.0714. The highest BCUT2D eigenvalue weighted by molar-refractivity contribution is 9.10. The summed E-state index contributed by atoms with van der Waals surface area (Å²) in [4.78, 5) is 2.21. The number of nitrogens with zero attached hydrogens (tertiary/aromatic N) is 1. The van der Waals surface area contributed by atoms with Gasteiger partial charge in [-0.2, -0.15) is 18.4 Å². The smallest absolute Gasteiger partial charge is 0.276 e. The Hall–Kier alpha value is -1.57. The van der Waals surface area contributed by atoms with Crippen molar-refractivity contribution in [3.63, 3.8) is 0 Å². The van der Waals surface area contributed by atoms with Crippen LogP contribution in [0.2, 0.25) is 0 Å². The highest BCUT2D eigenvalue weighted by Crippen LogP contribution is 2.24. The Morgan fingerprint density at radius 1 is 1.23 bits per heavy atom.